The van der Waals surface area contributed by atoms with Gasteiger partial charge in [-0.15, -0.1) is 0 Å². The number of esters is 1. The van der Waals surface area contributed by atoms with Crippen molar-refractivity contribution in [3.05, 3.63) is 28.8 Å². The summed E-state index contributed by atoms with van der Waals surface area (Å²) in [5.41, 5.74) is 0.434. The molecule has 0 radical (unpaired) electrons. The van der Waals surface area contributed by atoms with Crippen molar-refractivity contribution in [1.29, 1.82) is 0 Å². The van der Waals surface area contributed by atoms with Crippen molar-refractivity contribution in [1.82, 2.24) is 4.72 Å². The summed E-state index contributed by atoms with van der Waals surface area (Å²) in [5, 5.41) is 0.351. The smallest absolute Gasteiger partial charge is 0.323 e. The standard InChI is InChI=1S/C11H14ClNO4S/c1-7-9(12)5-4-6-10(7)18(15,16)13-8(2)11(14)17-3/h4-6,8,13H,1-3H3/t8-/m1/s1. The quantitative estimate of drug-likeness (QED) is 0.853. The number of carbonyl (C=O) groups is 1. The van der Waals surface area contributed by atoms with Gasteiger partial charge in [0.15, 0.2) is 0 Å². The molecule has 100 valence electrons. The van der Waals surface area contributed by atoms with Gasteiger partial charge in [0, 0.05) is 5.02 Å². The van der Waals surface area contributed by atoms with Crippen LogP contribution in [0.3, 0.4) is 0 Å². The fourth-order valence-corrected chi connectivity index (χ4v) is 3.09. The molecule has 0 aromatic heterocycles. The third-order valence-electron chi connectivity index (χ3n) is 2.39. The van der Waals surface area contributed by atoms with Crippen LogP contribution in [-0.2, 0) is 19.6 Å². The molecule has 0 unspecified atom stereocenters. The van der Waals surface area contributed by atoms with E-state index in [0.717, 1.165) is 0 Å². The summed E-state index contributed by atoms with van der Waals surface area (Å²) in [6, 6.07) is 3.60. The maximum atomic E-state index is 12.1. The van der Waals surface area contributed by atoms with Gasteiger partial charge in [-0.25, -0.2) is 8.42 Å². The molecule has 7 heteroatoms. The van der Waals surface area contributed by atoms with Crippen molar-refractivity contribution in [2.24, 2.45) is 0 Å². The highest BCUT2D eigenvalue weighted by Crippen LogP contribution is 2.22. The molecule has 0 fully saturated rings. The number of benzene rings is 1. The molecular weight excluding hydrogens is 278 g/mol. The van der Waals surface area contributed by atoms with E-state index in [1.807, 2.05) is 0 Å². The molecule has 1 atom stereocenters. The van der Waals surface area contributed by atoms with Crippen molar-refractivity contribution >= 4 is 27.6 Å². The molecule has 1 aromatic rings. The highest BCUT2D eigenvalue weighted by Gasteiger charge is 2.24. The Morgan fingerprint density at radius 3 is 2.61 bits per heavy atom. The van der Waals surface area contributed by atoms with E-state index in [2.05, 4.69) is 9.46 Å². The molecule has 0 saturated heterocycles. The third-order valence-corrected chi connectivity index (χ3v) is 4.49. The number of nitrogens with one attached hydrogen (secondary N) is 1. The maximum Gasteiger partial charge on any atom is 0.323 e. The number of halogens is 1. The van der Waals surface area contributed by atoms with Crippen LogP contribution in [0.15, 0.2) is 23.1 Å². The van der Waals surface area contributed by atoms with Crippen molar-refractivity contribution < 1.29 is 17.9 Å². The zero-order valence-electron chi connectivity index (χ0n) is 10.2. The number of sulfonamides is 1. The summed E-state index contributed by atoms with van der Waals surface area (Å²) >= 11 is 5.86. The number of hydrogen-bond donors (Lipinski definition) is 1. The SMILES string of the molecule is COC(=O)[C@@H](C)NS(=O)(=O)c1cccc(Cl)c1C. The summed E-state index contributed by atoms with van der Waals surface area (Å²) < 4.78 is 30.8. The Morgan fingerprint density at radius 1 is 1.44 bits per heavy atom. The molecule has 1 N–H and O–H groups in total. The molecule has 0 aliphatic heterocycles. The highest BCUT2D eigenvalue weighted by molar-refractivity contribution is 7.89. The predicted octanol–water partition coefficient (Wildman–Crippen LogP) is 1.49. The zero-order chi connectivity index (χ0) is 13.9. The molecule has 18 heavy (non-hydrogen) atoms. The van der Waals surface area contributed by atoms with Crippen molar-refractivity contribution in [3.8, 4) is 0 Å². The van der Waals surface area contributed by atoms with Crippen LogP contribution in [0.1, 0.15) is 12.5 Å². The lowest BCUT2D eigenvalue weighted by Crippen LogP contribution is -2.39. The maximum absolute atomic E-state index is 12.1. The summed E-state index contributed by atoms with van der Waals surface area (Å²) in [6.07, 6.45) is 0. The van der Waals surface area contributed by atoms with E-state index < -0.39 is 22.0 Å². The second kappa shape index (κ2) is 5.69. The minimum Gasteiger partial charge on any atom is -0.468 e. The molecule has 5 nitrogen and oxygen atoms in total. The first kappa shape index (κ1) is 14.9. The molecule has 0 saturated carbocycles. The van der Waals surface area contributed by atoms with E-state index in [9.17, 15) is 13.2 Å². The lowest BCUT2D eigenvalue weighted by atomic mass is 10.2. The van der Waals surface area contributed by atoms with Crippen molar-refractivity contribution in [3.63, 3.8) is 0 Å². The van der Waals surface area contributed by atoms with Crippen LogP contribution in [0.25, 0.3) is 0 Å². The van der Waals surface area contributed by atoms with Gasteiger partial charge in [-0.1, -0.05) is 17.7 Å². The lowest BCUT2D eigenvalue weighted by Gasteiger charge is -2.14. The Kier molecular flexibility index (Phi) is 4.72. The van der Waals surface area contributed by atoms with E-state index in [1.165, 1.54) is 26.2 Å². The van der Waals surface area contributed by atoms with Crippen molar-refractivity contribution in [2.45, 2.75) is 24.8 Å². The molecule has 0 bridgehead atoms. The van der Waals surface area contributed by atoms with Gasteiger partial charge in [-0.3, -0.25) is 4.79 Å². The summed E-state index contributed by atoms with van der Waals surface area (Å²) in [4.78, 5) is 11.2. The largest absolute Gasteiger partial charge is 0.468 e. The normalized spacial score (nSPS) is 13.1. The van der Waals surface area contributed by atoms with Gasteiger partial charge in [0.1, 0.15) is 6.04 Å². The average Bonchev–Trinajstić information content (AvgIpc) is 2.30. The summed E-state index contributed by atoms with van der Waals surface area (Å²) in [6.45, 7) is 3.00. The van der Waals surface area contributed by atoms with E-state index in [-0.39, 0.29) is 4.90 Å². The number of carbonyl (C=O) groups excluding carboxylic acids is 1. The van der Waals surface area contributed by atoms with Gasteiger partial charge in [-0.05, 0) is 31.5 Å². The zero-order valence-corrected chi connectivity index (χ0v) is 11.8. The number of rotatable bonds is 4. The number of methoxy groups -OCH3 is 1. The highest BCUT2D eigenvalue weighted by atomic mass is 35.5. The second-order valence-corrected chi connectivity index (χ2v) is 5.82. The third kappa shape index (κ3) is 3.22. The molecule has 0 aliphatic rings. The van der Waals surface area contributed by atoms with Crippen LogP contribution < -0.4 is 4.72 Å². The molecule has 0 aliphatic carbocycles. The predicted molar refractivity (Wildman–Crippen MR) is 68.0 cm³/mol. The first-order valence-corrected chi connectivity index (χ1v) is 7.01. The van der Waals surface area contributed by atoms with E-state index in [0.29, 0.717) is 10.6 Å². The minimum absolute atomic E-state index is 0.0470. The summed E-state index contributed by atoms with van der Waals surface area (Å²) in [7, 11) is -2.61. The minimum atomic E-state index is -3.80. The Balaban J connectivity index is 3.08. The van der Waals surface area contributed by atoms with E-state index in [4.69, 9.17) is 11.6 Å². The number of hydrogen-bond acceptors (Lipinski definition) is 4. The Hall–Kier alpha value is -1.11. The van der Waals surface area contributed by atoms with Crippen LogP contribution in [0.5, 0.6) is 0 Å². The average molecular weight is 292 g/mol. The van der Waals surface area contributed by atoms with Gasteiger partial charge < -0.3 is 4.74 Å². The summed E-state index contributed by atoms with van der Waals surface area (Å²) in [5.74, 6) is -0.654. The fraction of sp³-hybridized carbons (Fsp3) is 0.364. The van der Waals surface area contributed by atoms with E-state index in [1.54, 1.807) is 13.0 Å². The van der Waals surface area contributed by atoms with Crippen LogP contribution >= 0.6 is 11.6 Å². The molecule has 0 amide bonds. The van der Waals surface area contributed by atoms with Crippen LogP contribution in [0.2, 0.25) is 5.02 Å². The first-order chi connectivity index (χ1) is 8.29. The van der Waals surface area contributed by atoms with Gasteiger partial charge in [0.05, 0.1) is 12.0 Å². The van der Waals surface area contributed by atoms with Crippen LogP contribution in [0.4, 0.5) is 0 Å². The topological polar surface area (TPSA) is 72.5 Å². The molecule has 1 aromatic carbocycles. The van der Waals surface area contributed by atoms with Gasteiger partial charge in [0.25, 0.3) is 0 Å². The Labute approximate surface area is 111 Å². The van der Waals surface area contributed by atoms with Crippen molar-refractivity contribution in [2.75, 3.05) is 7.11 Å². The monoisotopic (exact) mass is 291 g/mol. The number of ether oxygens (including phenoxy) is 1. The van der Waals surface area contributed by atoms with E-state index >= 15 is 0 Å². The Morgan fingerprint density at radius 2 is 2.06 bits per heavy atom. The van der Waals surface area contributed by atoms with Crippen LogP contribution in [0, 0.1) is 6.92 Å². The van der Waals surface area contributed by atoms with Gasteiger partial charge in [-0.2, -0.15) is 4.72 Å². The molecule has 0 spiro atoms. The molecular formula is C11H14ClNO4S. The lowest BCUT2D eigenvalue weighted by molar-refractivity contribution is -0.142. The molecule has 1 rings (SSSR count). The molecule has 0 heterocycles. The second-order valence-electron chi connectivity index (χ2n) is 3.73. The van der Waals surface area contributed by atoms with Gasteiger partial charge >= 0.3 is 5.97 Å². The Bertz CT molecular complexity index is 556. The fourth-order valence-electron chi connectivity index (χ4n) is 1.40. The van der Waals surface area contributed by atoms with Crippen LogP contribution in [-0.4, -0.2) is 27.5 Å². The first-order valence-electron chi connectivity index (χ1n) is 5.15. The van der Waals surface area contributed by atoms with Gasteiger partial charge in [0.2, 0.25) is 10.0 Å².